The van der Waals surface area contributed by atoms with E-state index < -0.39 is 0 Å². The van der Waals surface area contributed by atoms with Gasteiger partial charge in [-0.05, 0) is 13.0 Å². The maximum atomic E-state index is 5.24. The molecule has 0 saturated heterocycles. The third kappa shape index (κ3) is 2.08. The van der Waals surface area contributed by atoms with Crippen LogP contribution in [0.2, 0.25) is 0 Å². The molecule has 1 heterocycles. The van der Waals surface area contributed by atoms with Gasteiger partial charge in [-0.15, -0.1) is 0 Å². The first kappa shape index (κ1) is 7.88. The summed E-state index contributed by atoms with van der Waals surface area (Å²) in [5.41, 5.74) is 6.14. The van der Waals surface area contributed by atoms with Gasteiger partial charge in [-0.25, -0.2) is 9.97 Å². The van der Waals surface area contributed by atoms with Crippen molar-refractivity contribution in [2.24, 2.45) is 0 Å². The average Bonchev–Trinajstić information content (AvgIpc) is 1.64. The first-order valence-corrected chi connectivity index (χ1v) is 2.34. The molecular weight excluding hydrogens is 114 g/mol. The van der Waals surface area contributed by atoms with Crippen LogP contribution in [0.5, 0.6) is 0 Å². The van der Waals surface area contributed by atoms with Crippen molar-refractivity contribution in [1.29, 1.82) is 0 Å². The van der Waals surface area contributed by atoms with Gasteiger partial charge in [-0.1, -0.05) is 7.43 Å². The van der Waals surface area contributed by atoms with Crippen LogP contribution >= 0.6 is 0 Å². The molecule has 0 amide bonds. The first-order valence-electron chi connectivity index (χ1n) is 2.34. The van der Waals surface area contributed by atoms with Crippen molar-refractivity contribution in [3.05, 3.63) is 18.0 Å². The fourth-order valence-corrected chi connectivity index (χ4v) is 0.468. The van der Waals surface area contributed by atoms with Gasteiger partial charge in [0, 0.05) is 11.9 Å². The highest BCUT2D eigenvalue weighted by Crippen LogP contribution is 1.91. The molecule has 3 nitrogen and oxygen atoms in total. The number of nitrogens with two attached hydrogens (primary N) is 1. The van der Waals surface area contributed by atoms with Gasteiger partial charge in [0.1, 0.15) is 0 Å². The lowest BCUT2D eigenvalue weighted by molar-refractivity contribution is 1.12. The van der Waals surface area contributed by atoms with Crippen LogP contribution in [-0.4, -0.2) is 9.97 Å². The van der Waals surface area contributed by atoms with Crippen molar-refractivity contribution in [2.75, 3.05) is 5.73 Å². The van der Waals surface area contributed by atoms with Gasteiger partial charge in [-0.2, -0.15) is 0 Å². The summed E-state index contributed by atoms with van der Waals surface area (Å²) in [5, 5.41) is 0. The fourth-order valence-electron chi connectivity index (χ4n) is 0.468. The molecule has 0 atom stereocenters. The molecule has 0 radical (unpaired) electrons. The quantitative estimate of drug-likeness (QED) is 0.562. The van der Waals surface area contributed by atoms with E-state index in [1.807, 2.05) is 6.92 Å². The third-order valence-corrected chi connectivity index (χ3v) is 0.813. The molecule has 1 aromatic rings. The van der Waals surface area contributed by atoms with Crippen LogP contribution in [0.25, 0.3) is 0 Å². The van der Waals surface area contributed by atoms with Gasteiger partial charge in [0.2, 0.25) is 5.95 Å². The van der Waals surface area contributed by atoms with E-state index in [9.17, 15) is 0 Å². The molecule has 0 aromatic carbocycles. The molecule has 1 aromatic heterocycles. The number of hydrogen-bond acceptors (Lipinski definition) is 3. The van der Waals surface area contributed by atoms with Gasteiger partial charge in [0.15, 0.2) is 0 Å². The first-order chi connectivity index (χ1) is 3.79. The Bertz CT molecular complexity index is 168. The van der Waals surface area contributed by atoms with Gasteiger partial charge in [0.25, 0.3) is 0 Å². The van der Waals surface area contributed by atoms with Crippen molar-refractivity contribution < 1.29 is 0 Å². The molecular formula is C6H11N3. The van der Waals surface area contributed by atoms with Crippen LogP contribution in [0.15, 0.2) is 12.3 Å². The predicted octanol–water partition coefficient (Wildman–Crippen LogP) is 1.00. The molecule has 3 heteroatoms. The highest BCUT2D eigenvalue weighted by molar-refractivity contribution is 5.15. The van der Waals surface area contributed by atoms with Crippen LogP contribution in [0.1, 0.15) is 13.1 Å². The minimum atomic E-state index is 0. The Morgan fingerprint density at radius 3 is 2.56 bits per heavy atom. The largest absolute Gasteiger partial charge is 0.368 e. The normalized spacial score (nSPS) is 8.11. The minimum absolute atomic E-state index is 0. The van der Waals surface area contributed by atoms with Gasteiger partial charge in [0.05, 0.1) is 0 Å². The molecule has 0 spiro atoms. The highest BCUT2D eigenvalue weighted by atomic mass is 15.0. The number of anilines is 1. The predicted molar refractivity (Wildman–Crippen MR) is 37.9 cm³/mol. The molecule has 0 unspecified atom stereocenters. The zero-order chi connectivity index (χ0) is 5.98. The molecule has 0 bridgehead atoms. The lowest BCUT2D eigenvalue weighted by atomic mass is 10.5. The molecule has 2 N–H and O–H groups in total. The summed E-state index contributed by atoms with van der Waals surface area (Å²) in [6, 6.07) is 1.80. The van der Waals surface area contributed by atoms with Gasteiger partial charge < -0.3 is 5.73 Å². The monoisotopic (exact) mass is 125 g/mol. The van der Waals surface area contributed by atoms with Crippen LogP contribution in [0.3, 0.4) is 0 Å². The molecule has 0 aliphatic heterocycles. The number of nitrogens with zero attached hydrogens (tertiary/aromatic N) is 2. The summed E-state index contributed by atoms with van der Waals surface area (Å²) in [5.74, 6) is 0.338. The molecule has 50 valence electrons. The maximum Gasteiger partial charge on any atom is 0.220 e. The fraction of sp³-hybridized carbons (Fsp3) is 0.333. The topological polar surface area (TPSA) is 51.8 Å². The molecule has 0 aliphatic rings. The molecule has 0 saturated carbocycles. The lowest BCUT2D eigenvalue weighted by Crippen LogP contribution is -1.93. The number of aryl methyl sites for hydroxylation is 1. The van der Waals surface area contributed by atoms with E-state index in [-0.39, 0.29) is 7.43 Å². The van der Waals surface area contributed by atoms with Crippen molar-refractivity contribution in [1.82, 2.24) is 9.97 Å². The van der Waals surface area contributed by atoms with E-state index in [4.69, 9.17) is 5.73 Å². The Labute approximate surface area is 54.9 Å². The Morgan fingerprint density at radius 1 is 1.56 bits per heavy atom. The molecule has 0 aliphatic carbocycles. The van der Waals surface area contributed by atoms with Crippen LogP contribution < -0.4 is 5.73 Å². The summed E-state index contributed by atoms with van der Waals surface area (Å²) in [6.07, 6.45) is 1.64. The molecule has 0 fully saturated rings. The smallest absolute Gasteiger partial charge is 0.220 e. The second-order valence-corrected chi connectivity index (χ2v) is 1.56. The highest BCUT2D eigenvalue weighted by Gasteiger charge is 1.84. The van der Waals surface area contributed by atoms with Crippen molar-refractivity contribution >= 4 is 5.95 Å². The number of aromatic nitrogens is 2. The average molecular weight is 125 g/mol. The summed E-state index contributed by atoms with van der Waals surface area (Å²) < 4.78 is 0. The van der Waals surface area contributed by atoms with E-state index in [0.717, 1.165) is 5.69 Å². The zero-order valence-corrected chi connectivity index (χ0v) is 4.63. The molecule has 1 rings (SSSR count). The van der Waals surface area contributed by atoms with E-state index in [0.29, 0.717) is 5.95 Å². The van der Waals surface area contributed by atoms with Crippen LogP contribution in [0.4, 0.5) is 5.95 Å². The molecule has 9 heavy (non-hydrogen) atoms. The van der Waals surface area contributed by atoms with Crippen molar-refractivity contribution in [3.63, 3.8) is 0 Å². The van der Waals surface area contributed by atoms with Crippen LogP contribution in [0, 0.1) is 6.92 Å². The summed E-state index contributed by atoms with van der Waals surface area (Å²) >= 11 is 0. The number of hydrogen-bond donors (Lipinski definition) is 1. The van der Waals surface area contributed by atoms with E-state index in [1.165, 1.54) is 0 Å². The SMILES string of the molecule is C.Cc1ccnc(N)n1. The number of nitrogen functional groups attached to an aromatic ring is 1. The third-order valence-electron chi connectivity index (χ3n) is 0.813. The number of rotatable bonds is 0. The van der Waals surface area contributed by atoms with Gasteiger partial charge in [-0.3, -0.25) is 0 Å². The Morgan fingerprint density at radius 2 is 2.22 bits per heavy atom. The van der Waals surface area contributed by atoms with Gasteiger partial charge >= 0.3 is 0 Å². The standard InChI is InChI=1S/C5H7N3.CH4/c1-4-2-3-7-5(6)8-4;/h2-3H,1H3,(H2,6,7,8);1H4. The van der Waals surface area contributed by atoms with E-state index in [2.05, 4.69) is 9.97 Å². The Kier molecular flexibility index (Phi) is 2.64. The minimum Gasteiger partial charge on any atom is -0.368 e. The second-order valence-electron chi connectivity index (χ2n) is 1.56. The van der Waals surface area contributed by atoms with E-state index >= 15 is 0 Å². The second kappa shape index (κ2) is 3.02. The maximum absolute atomic E-state index is 5.24. The van der Waals surface area contributed by atoms with Crippen molar-refractivity contribution in [2.45, 2.75) is 14.4 Å². The zero-order valence-electron chi connectivity index (χ0n) is 4.63. The van der Waals surface area contributed by atoms with E-state index in [1.54, 1.807) is 12.3 Å². The summed E-state index contributed by atoms with van der Waals surface area (Å²) in [4.78, 5) is 7.55. The lowest BCUT2D eigenvalue weighted by Gasteiger charge is -1.89. The summed E-state index contributed by atoms with van der Waals surface area (Å²) in [6.45, 7) is 1.87. The van der Waals surface area contributed by atoms with Crippen LogP contribution in [-0.2, 0) is 0 Å². The summed E-state index contributed by atoms with van der Waals surface area (Å²) in [7, 11) is 0. The Hall–Kier alpha value is -1.12. The Balaban J connectivity index is 0.000000640. The van der Waals surface area contributed by atoms with Crippen molar-refractivity contribution in [3.8, 4) is 0 Å².